The lowest BCUT2D eigenvalue weighted by Gasteiger charge is -2.40. The molecule has 5 heterocycles. The summed E-state index contributed by atoms with van der Waals surface area (Å²) in [5.41, 5.74) is 18.8. The zero-order chi connectivity index (χ0) is 55.2. The summed E-state index contributed by atoms with van der Waals surface area (Å²) in [7, 11) is -2.78. The van der Waals surface area contributed by atoms with Gasteiger partial charge in [-0.3, -0.25) is 0 Å². The van der Waals surface area contributed by atoms with Crippen LogP contribution in [0.2, 0.25) is 0 Å². The Morgan fingerprint density at radius 1 is 0.378 bits per heavy atom. The number of fused-ring (bicyclic) bond motifs is 13. The van der Waals surface area contributed by atoms with Gasteiger partial charge < -0.3 is 14.0 Å². The van der Waals surface area contributed by atoms with E-state index in [1.165, 1.54) is 141 Å². The number of nitrogens with zero attached hydrogens (tertiary/aromatic N) is 3. The summed E-state index contributed by atoms with van der Waals surface area (Å²) in [4.78, 5) is 2.67. The third kappa shape index (κ3) is 7.07. The van der Waals surface area contributed by atoms with Crippen LogP contribution in [0.4, 0.5) is 17.1 Å². The Morgan fingerprint density at radius 2 is 0.902 bits per heavy atom. The van der Waals surface area contributed by atoms with E-state index in [9.17, 15) is 0 Å². The smallest absolute Gasteiger partial charge is 0.265 e. The predicted molar refractivity (Wildman–Crippen MR) is 356 cm³/mol. The van der Waals surface area contributed by atoms with Crippen LogP contribution < -0.4 is 41.3 Å². The molecule has 16 rings (SSSR count). The summed E-state index contributed by atoms with van der Waals surface area (Å²) in [6.45, 7) is 13.9. The number of benzene rings is 11. The molecule has 0 amide bonds. The van der Waals surface area contributed by atoms with Gasteiger partial charge in [0, 0.05) is 59.2 Å². The SMILES string of the molecule is CC(C)(C)c1ccc(N2c3cc(-c4ccc([Si](c5ccccc5)(c5ccccc5)c5ccccc5)cc4)cc4c3B(c3sc5ccc(C(C)(C)C)cc5c32)c2c3c5ccccc5n(-c5ccccc5)c3cc3c5ccccc5n-4c23)cc1. The van der Waals surface area contributed by atoms with Crippen LogP contribution in [0.5, 0.6) is 0 Å². The highest BCUT2D eigenvalue weighted by atomic mass is 32.1. The largest absolute Gasteiger partial charge is 0.310 e. The molecule has 0 fully saturated rings. The van der Waals surface area contributed by atoms with Crippen LogP contribution in [0.1, 0.15) is 52.7 Å². The van der Waals surface area contributed by atoms with Crippen molar-refractivity contribution >= 4 is 133 Å². The molecular weight excluding hydrogens is 1030 g/mol. The van der Waals surface area contributed by atoms with Gasteiger partial charge in [-0.1, -0.05) is 230 Å². The lowest BCUT2D eigenvalue weighted by atomic mass is 9.36. The van der Waals surface area contributed by atoms with Gasteiger partial charge in [0.2, 0.25) is 0 Å². The average Bonchev–Trinajstić information content (AvgIpc) is 2.27. The zero-order valence-electron chi connectivity index (χ0n) is 47.1. The van der Waals surface area contributed by atoms with Gasteiger partial charge in [0.1, 0.15) is 0 Å². The normalized spacial score (nSPS) is 13.2. The second-order valence-corrected chi connectivity index (χ2v) is 29.7. The summed E-state index contributed by atoms with van der Waals surface area (Å²) in [6, 6.07) is 97.3. The van der Waals surface area contributed by atoms with Gasteiger partial charge in [-0.25, -0.2) is 0 Å². The standard InChI is InChI=1S/C76H60BN3SSi/c1-75(2,3)51-37-40-54(41-38-51)79-66-45-50(49-35-42-58(43-36-49)82(55-25-13-8-14-26-55,56-27-15-9-16-28-56)57-29-17-10-18-30-57)46-67-70(66)77(74-73(79)62-47-52(76(4,5)6)39-44-68(62)81-74)71-69-60-32-20-22-34-64(60)78(53-23-11-7-12-24-53)65(69)48-61-59-31-19-21-33-63(59)80(67)72(61)71/h7-48H,1-6H3. The first-order chi connectivity index (χ1) is 40.0. The topological polar surface area (TPSA) is 13.1 Å². The molecule has 0 bridgehead atoms. The van der Waals surface area contributed by atoms with Crippen LogP contribution in [-0.4, -0.2) is 23.9 Å². The number of para-hydroxylation sites is 3. The van der Waals surface area contributed by atoms with Crippen molar-refractivity contribution in [2.24, 2.45) is 0 Å². The number of rotatable bonds is 7. The van der Waals surface area contributed by atoms with Crippen molar-refractivity contribution in [1.29, 1.82) is 0 Å². The van der Waals surface area contributed by atoms with Crippen molar-refractivity contribution in [3.63, 3.8) is 0 Å². The van der Waals surface area contributed by atoms with Crippen molar-refractivity contribution < 1.29 is 0 Å². The van der Waals surface area contributed by atoms with Gasteiger partial charge in [-0.2, -0.15) is 0 Å². The summed E-state index contributed by atoms with van der Waals surface area (Å²) in [5, 5.41) is 11.9. The minimum absolute atomic E-state index is 0.00451. The Balaban J connectivity index is 1.04. The quantitative estimate of drug-likeness (QED) is 0.115. The molecule has 0 spiro atoms. The molecular formula is C76H60BN3SSi. The van der Waals surface area contributed by atoms with E-state index in [0.29, 0.717) is 0 Å². The zero-order valence-corrected chi connectivity index (χ0v) is 48.9. The van der Waals surface area contributed by atoms with Crippen molar-refractivity contribution in [1.82, 2.24) is 9.13 Å². The van der Waals surface area contributed by atoms with Gasteiger partial charge in [0.25, 0.3) is 6.71 Å². The second-order valence-electron chi connectivity index (χ2n) is 24.8. The van der Waals surface area contributed by atoms with Gasteiger partial charge in [-0.15, -0.1) is 11.3 Å². The molecule has 3 nitrogen and oxygen atoms in total. The molecule has 0 N–H and O–H groups in total. The van der Waals surface area contributed by atoms with Crippen LogP contribution in [-0.2, 0) is 10.8 Å². The fraction of sp³-hybridized carbons (Fsp3) is 0.105. The molecule has 82 heavy (non-hydrogen) atoms. The first-order valence-electron chi connectivity index (χ1n) is 28.9. The van der Waals surface area contributed by atoms with E-state index in [1.54, 1.807) is 0 Å². The van der Waals surface area contributed by atoms with E-state index in [0.717, 1.165) is 0 Å². The van der Waals surface area contributed by atoms with Crippen molar-refractivity contribution in [3.8, 4) is 22.5 Å². The highest BCUT2D eigenvalue weighted by Crippen LogP contribution is 2.50. The van der Waals surface area contributed by atoms with E-state index in [2.05, 4.69) is 310 Å². The number of anilines is 3. The maximum atomic E-state index is 2.67. The lowest BCUT2D eigenvalue weighted by Crippen LogP contribution is -2.74. The van der Waals surface area contributed by atoms with E-state index in [-0.39, 0.29) is 17.5 Å². The number of hydrogen-bond donors (Lipinski definition) is 0. The molecule has 2 aliphatic rings. The summed E-state index contributed by atoms with van der Waals surface area (Å²) < 4.78 is 7.88. The van der Waals surface area contributed by atoms with Crippen LogP contribution in [0.25, 0.3) is 76.2 Å². The fourth-order valence-corrected chi connectivity index (χ4v) is 20.4. The Kier molecular flexibility index (Phi) is 10.8. The van der Waals surface area contributed by atoms with Crippen molar-refractivity contribution in [3.05, 3.63) is 266 Å². The monoisotopic (exact) mass is 1090 g/mol. The molecule has 3 aromatic heterocycles. The average molecular weight is 1090 g/mol. The lowest BCUT2D eigenvalue weighted by molar-refractivity contribution is 0.590. The molecule has 11 aromatic carbocycles. The molecule has 0 radical (unpaired) electrons. The third-order valence-electron chi connectivity index (χ3n) is 18.1. The van der Waals surface area contributed by atoms with Gasteiger partial charge in [0.15, 0.2) is 8.07 Å². The fourth-order valence-electron chi connectivity index (χ4n) is 14.3. The molecule has 14 aromatic rings. The van der Waals surface area contributed by atoms with Gasteiger partial charge in [0.05, 0.1) is 27.8 Å². The molecule has 0 saturated carbocycles. The molecule has 0 unspecified atom stereocenters. The highest BCUT2D eigenvalue weighted by molar-refractivity contribution is 7.34. The maximum Gasteiger partial charge on any atom is 0.265 e. The Morgan fingerprint density at radius 3 is 1.51 bits per heavy atom. The van der Waals surface area contributed by atoms with Crippen LogP contribution >= 0.6 is 11.3 Å². The minimum atomic E-state index is -2.78. The van der Waals surface area contributed by atoms with E-state index in [4.69, 9.17) is 0 Å². The molecule has 2 aliphatic heterocycles. The van der Waals surface area contributed by atoms with Crippen LogP contribution in [0.15, 0.2) is 255 Å². The minimum Gasteiger partial charge on any atom is -0.310 e. The van der Waals surface area contributed by atoms with Gasteiger partial charge >= 0.3 is 0 Å². The highest BCUT2D eigenvalue weighted by Gasteiger charge is 2.47. The molecule has 0 atom stereocenters. The van der Waals surface area contributed by atoms with Crippen molar-refractivity contribution in [2.75, 3.05) is 4.90 Å². The molecule has 0 aliphatic carbocycles. The van der Waals surface area contributed by atoms with Crippen LogP contribution in [0.3, 0.4) is 0 Å². The molecule has 392 valence electrons. The Bertz CT molecular complexity index is 4760. The van der Waals surface area contributed by atoms with Crippen LogP contribution in [0, 0.1) is 0 Å². The van der Waals surface area contributed by atoms with Gasteiger partial charge in [-0.05, 0) is 131 Å². The second kappa shape index (κ2) is 18.0. The molecule has 0 saturated heterocycles. The number of aromatic nitrogens is 2. The first kappa shape index (κ1) is 48.9. The summed E-state index contributed by atoms with van der Waals surface area (Å²) in [6.07, 6.45) is 0. The first-order valence-corrected chi connectivity index (χ1v) is 31.8. The Hall–Kier alpha value is -8.94. The predicted octanol–water partition coefficient (Wildman–Crippen LogP) is 15.3. The number of hydrogen-bond acceptors (Lipinski definition) is 2. The summed E-state index contributed by atoms with van der Waals surface area (Å²) in [5.74, 6) is 0. The van der Waals surface area contributed by atoms with Crippen molar-refractivity contribution in [2.45, 2.75) is 52.4 Å². The van der Waals surface area contributed by atoms with E-state index < -0.39 is 8.07 Å². The Labute approximate surface area is 485 Å². The number of thiophene rings is 1. The van der Waals surface area contributed by atoms with E-state index in [1.807, 2.05) is 11.3 Å². The molecule has 6 heteroatoms. The maximum absolute atomic E-state index is 2.78. The summed E-state index contributed by atoms with van der Waals surface area (Å²) >= 11 is 1.99. The third-order valence-corrected chi connectivity index (χ3v) is 24.2. The van der Waals surface area contributed by atoms with E-state index >= 15 is 0 Å².